The van der Waals surface area contributed by atoms with Crippen molar-refractivity contribution >= 4 is 40.9 Å². The highest BCUT2D eigenvalue weighted by atomic mass is 35.5. The number of aliphatic hydroxyl groups is 1. The number of urea groups is 1. The first-order chi connectivity index (χ1) is 8.92. The van der Waals surface area contributed by atoms with E-state index in [1.54, 1.807) is 0 Å². The van der Waals surface area contributed by atoms with E-state index in [2.05, 4.69) is 10.6 Å². The fraction of sp³-hybridized carbons (Fsp3) is 0.273. The van der Waals surface area contributed by atoms with Crippen molar-refractivity contribution in [1.82, 2.24) is 5.32 Å². The number of amides is 2. The minimum absolute atomic E-state index is 0.0843. The normalized spacial score (nSPS) is 11.7. The van der Waals surface area contributed by atoms with Gasteiger partial charge in [0.2, 0.25) is 0 Å². The Morgan fingerprint density at radius 2 is 1.79 bits per heavy atom. The van der Waals surface area contributed by atoms with Gasteiger partial charge in [-0.25, -0.2) is 9.59 Å². The highest BCUT2D eigenvalue weighted by Crippen LogP contribution is 2.22. The molecule has 1 aromatic rings. The van der Waals surface area contributed by atoms with Gasteiger partial charge < -0.3 is 20.8 Å². The minimum atomic E-state index is -1.23. The van der Waals surface area contributed by atoms with E-state index in [-0.39, 0.29) is 13.0 Å². The maximum absolute atomic E-state index is 11.6. The topological polar surface area (TPSA) is 98.7 Å². The van der Waals surface area contributed by atoms with Crippen molar-refractivity contribution in [2.45, 2.75) is 12.5 Å². The number of halogens is 2. The predicted octanol–water partition coefficient (Wildman–Crippen LogP) is 1.95. The lowest BCUT2D eigenvalue weighted by molar-refractivity contribution is -0.139. The van der Waals surface area contributed by atoms with Crippen LogP contribution in [0.4, 0.5) is 10.5 Å². The van der Waals surface area contributed by atoms with E-state index in [0.717, 1.165) is 0 Å². The number of aliphatic carboxylic acids is 1. The maximum Gasteiger partial charge on any atom is 0.326 e. The molecule has 1 rings (SSSR count). The van der Waals surface area contributed by atoms with Crippen molar-refractivity contribution in [2.24, 2.45) is 0 Å². The molecule has 0 bridgehead atoms. The number of carbonyl (C=O) groups is 2. The van der Waals surface area contributed by atoms with Gasteiger partial charge in [-0.05, 0) is 18.2 Å². The molecule has 0 aromatic heterocycles. The standard InChI is InChI=1S/C11H12Cl2N2O4/c12-6-3-7(13)5-8(4-6)14-11(19)15-9(1-2-16)10(17)18/h3-5,9,16H,1-2H2,(H,17,18)(H2,14,15,19)/t9-/m0/s1. The molecule has 0 fully saturated rings. The molecule has 0 aliphatic rings. The number of benzene rings is 1. The maximum atomic E-state index is 11.6. The molecule has 0 aliphatic heterocycles. The van der Waals surface area contributed by atoms with Crippen LogP contribution in [0.5, 0.6) is 0 Å². The van der Waals surface area contributed by atoms with Crippen molar-refractivity contribution in [3.8, 4) is 0 Å². The van der Waals surface area contributed by atoms with E-state index < -0.39 is 18.0 Å². The molecule has 1 aromatic carbocycles. The molecule has 2 amide bonds. The fourth-order valence-corrected chi connectivity index (χ4v) is 1.86. The van der Waals surface area contributed by atoms with Crippen molar-refractivity contribution in [3.63, 3.8) is 0 Å². The highest BCUT2D eigenvalue weighted by molar-refractivity contribution is 6.35. The van der Waals surface area contributed by atoms with Crippen molar-refractivity contribution in [3.05, 3.63) is 28.2 Å². The van der Waals surface area contributed by atoms with E-state index in [9.17, 15) is 9.59 Å². The second-order valence-electron chi connectivity index (χ2n) is 3.66. The summed E-state index contributed by atoms with van der Waals surface area (Å²) in [5.41, 5.74) is 0.336. The molecule has 0 saturated heterocycles. The molecule has 0 radical (unpaired) electrons. The molecule has 0 spiro atoms. The number of anilines is 1. The van der Waals surface area contributed by atoms with Gasteiger partial charge in [-0.3, -0.25) is 0 Å². The van der Waals surface area contributed by atoms with Gasteiger partial charge in [0.25, 0.3) is 0 Å². The number of carboxylic acids is 1. The van der Waals surface area contributed by atoms with Crippen LogP contribution in [-0.2, 0) is 4.79 Å². The average molecular weight is 307 g/mol. The summed E-state index contributed by atoms with van der Waals surface area (Å²) in [6.45, 7) is -0.347. The lowest BCUT2D eigenvalue weighted by Gasteiger charge is -2.14. The highest BCUT2D eigenvalue weighted by Gasteiger charge is 2.19. The summed E-state index contributed by atoms with van der Waals surface area (Å²) in [5, 5.41) is 22.8. The third kappa shape index (κ3) is 5.34. The number of nitrogens with one attached hydrogen (secondary N) is 2. The van der Waals surface area contributed by atoms with Gasteiger partial charge in [0, 0.05) is 28.8 Å². The van der Waals surface area contributed by atoms with E-state index in [4.69, 9.17) is 33.4 Å². The smallest absolute Gasteiger partial charge is 0.326 e. The van der Waals surface area contributed by atoms with Gasteiger partial charge in [-0.2, -0.15) is 0 Å². The second-order valence-corrected chi connectivity index (χ2v) is 4.53. The van der Waals surface area contributed by atoms with E-state index in [1.165, 1.54) is 18.2 Å². The second kappa shape index (κ2) is 7.18. The van der Waals surface area contributed by atoms with Crippen LogP contribution in [0.2, 0.25) is 10.0 Å². The zero-order chi connectivity index (χ0) is 14.4. The molecule has 0 unspecified atom stereocenters. The Hall–Kier alpha value is -1.50. The number of hydrogen-bond acceptors (Lipinski definition) is 3. The summed E-state index contributed by atoms with van der Waals surface area (Å²) in [6, 6.07) is 2.54. The summed E-state index contributed by atoms with van der Waals surface area (Å²) in [6.07, 6.45) is -0.0843. The molecular weight excluding hydrogens is 295 g/mol. The van der Waals surface area contributed by atoms with Gasteiger partial charge >= 0.3 is 12.0 Å². The SMILES string of the molecule is O=C(Nc1cc(Cl)cc(Cl)c1)N[C@@H](CCO)C(=O)O. The number of carbonyl (C=O) groups excluding carboxylic acids is 1. The summed E-state index contributed by atoms with van der Waals surface area (Å²) in [7, 11) is 0. The first-order valence-corrected chi connectivity index (χ1v) is 6.05. The van der Waals surface area contributed by atoms with Crippen LogP contribution in [0.1, 0.15) is 6.42 Å². The molecular formula is C11H12Cl2N2O4. The minimum Gasteiger partial charge on any atom is -0.480 e. The molecule has 0 heterocycles. The van der Waals surface area contributed by atoms with Gasteiger partial charge in [0.15, 0.2) is 0 Å². The average Bonchev–Trinajstić information content (AvgIpc) is 2.26. The van der Waals surface area contributed by atoms with Crippen LogP contribution in [0.25, 0.3) is 0 Å². The fourth-order valence-electron chi connectivity index (χ4n) is 1.34. The predicted molar refractivity (Wildman–Crippen MR) is 71.7 cm³/mol. The van der Waals surface area contributed by atoms with Crippen LogP contribution in [-0.4, -0.2) is 34.9 Å². The van der Waals surface area contributed by atoms with E-state index >= 15 is 0 Å². The summed E-state index contributed by atoms with van der Waals surface area (Å²) >= 11 is 11.5. The van der Waals surface area contributed by atoms with Crippen LogP contribution in [0, 0.1) is 0 Å². The Balaban J connectivity index is 2.66. The van der Waals surface area contributed by atoms with Crippen molar-refractivity contribution in [2.75, 3.05) is 11.9 Å². The molecule has 1 atom stereocenters. The van der Waals surface area contributed by atoms with Crippen LogP contribution in [0.15, 0.2) is 18.2 Å². The Labute approximate surface area is 119 Å². The quantitative estimate of drug-likeness (QED) is 0.668. The Morgan fingerprint density at radius 3 is 2.26 bits per heavy atom. The summed E-state index contributed by atoms with van der Waals surface area (Å²) < 4.78 is 0. The number of rotatable bonds is 5. The van der Waals surface area contributed by atoms with Gasteiger partial charge in [0.05, 0.1) is 0 Å². The molecule has 104 valence electrons. The summed E-state index contributed by atoms with van der Waals surface area (Å²) in [5.74, 6) is -1.23. The zero-order valence-corrected chi connectivity index (χ0v) is 11.2. The first kappa shape index (κ1) is 15.6. The third-order valence-electron chi connectivity index (χ3n) is 2.14. The Bertz CT molecular complexity index is 462. The molecule has 4 N–H and O–H groups in total. The Kier molecular flexibility index (Phi) is 5.88. The van der Waals surface area contributed by atoms with Gasteiger partial charge in [-0.15, -0.1) is 0 Å². The molecule has 0 saturated carbocycles. The van der Waals surface area contributed by atoms with Crippen LogP contribution < -0.4 is 10.6 Å². The lowest BCUT2D eigenvalue weighted by Crippen LogP contribution is -2.43. The first-order valence-electron chi connectivity index (χ1n) is 5.29. The molecule has 0 aliphatic carbocycles. The van der Waals surface area contributed by atoms with E-state index in [1.807, 2.05) is 0 Å². The van der Waals surface area contributed by atoms with Crippen LogP contribution >= 0.6 is 23.2 Å². The van der Waals surface area contributed by atoms with Gasteiger partial charge in [-0.1, -0.05) is 23.2 Å². The zero-order valence-electron chi connectivity index (χ0n) is 9.69. The lowest BCUT2D eigenvalue weighted by atomic mass is 10.2. The van der Waals surface area contributed by atoms with E-state index in [0.29, 0.717) is 15.7 Å². The van der Waals surface area contributed by atoms with Gasteiger partial charge in [0.1, 0.15) is 6.04 Å². The summed E-state index contributed by atoms with van der Waals surface area (Å²) in [4.78, 5) is 22.4. The monoisotopic (exact) mass is 306 g/mol. The number of carboxylic acid groups (broad SMARTS) is 1. The number of aliphatic hydroxyl groups excluding tert-OH is 1. The molecule has 6 nitrogen and oxygen atoms in total. The van der Waals surface area contributed by atoms with Crippen molar-refractivity contribution < 1.29 is 19.8 Å². The molecule has 19 heavy (non-hydrogen) atoms. The molecule has 8 heteroatoms. The number of hydrogen-bond donors (Lipinski definition) is 4. The van der Waals surface area contributed by atoms with Crippen molar-refractivity contribution in [1.29, 1.82) is 0 Å². The van der Waals surface area contributed by atoms with Crippen LogP contribution in [0.3, 0.4) is 0 Å². The third-order valence-corrected chi connectivity index (χ3v) is 2.58. The Morgan fingerprint density at radius 1 is 1.21 bits per heavy atom. The largest absolute Gasteiger partial charge is 0.480 e.